The van der Waals surface area contributed by atoms with Crippen molar-refractivity contribution in [1.82, 2.24) is 9.88 Å². The van der Waals surface area contributed by atoms with E-state index in [1.807, 2.05) is 60.7 Å². The predicted octanol–water partition coefficient (Wildman–Crippen LogP) is 2.48. The Hall–Kier alpha value is -3.87. The molecule has 7 nitrogen and oxygen atoms in total. The molecule has 1 aromatic heterocycles. The van der Waals surface area contributed by atoms with E-state index in [2.05, 4.69) is 5.32 Å². The van der Waals surface area contributed by atoms with Gasteiger partial charge in [0.05, 0.1) is 13.3 Å². The molecular weight excluding hydrogens is 396 g/mol. The van der Waals surface area contributed by atoms with Crippen LogP contribution >= 0.6 is 0 Å². The molecule has 0 aliphatic heterocycles. The summed E-state index contributed by atoms with van der Waals surface area (Å²) in [5.41, 5.74) is 1.49. The normalized spacial score (nSPS) is 11.4. The van der Waals surface area contributed by atoms with Gasteiger partial charge in [-0.3, -0.25) is 9.59 Å². The maximum atomic E-state index is 12.8. The van der Waals surface area contributed by atoms with Crippen LogP contribution in [0.1, 0.15) is 21.6 Å². The molecule has 1 amide bonds. The van der Waals surface area contributed by atoms with E-state index >= 15 is 0 Å². The number of aryl methyl sites for hydroxylation is 1. The molecule has 0 spiro atoms. The number of pyridine rings is 1. The summed E-state index contributed by atoms with van der Waals surface area (Å²) in [5.74, 6) is -0.984. The van der Waals surface area contributed by atoms with E-state index in [1.54, 1.807) is 7.05 Å². The van der Waals surface area contributed by atoms with Gasteiger partial charge in [0.2, 0.25) is 5.43 Å². The van der Waals surface area contributed by atoms with Gasteiger partial charge in [-0.05, 0) is 11.1 Å². The van der Waals surface area contributed by atoms with E-state index < -0.39 is 23.3 Å². The van der Waals surface area contributed by atoms with E-state index in [4.69, 9.17) is 9.47 Å². The molecule has 7 heteroatoms. The summed E-state index contributed by atoms with van der Waals surface area (Å²) in [5, 5.41) is 2.66. The van der Waals surface area contributed by atoms with Crippen molar-refractivity contribution < 1.29 is 19.1 Å². The van der Waals surface area contributed by atoms with Crippen LogP contribution in [0.2, 0.25) is 0 Å². The van der Waals surface area contributed by atoms with Crippen LogP contribution in [-0.2, 0) is 29.6 Å². The number of carbonyl (C=O) groups is 2. The van der Waals surface area contributed by atoms with Crippen molar-refractivity contribution in [3.8, 4) is 5.75 Å². The summed E-state index contributed by atoms with van der Waals surface area (Å²) in [6, 6.07) is 19.1. The van der Waals surface area contributed by atoms with Gasteiger partial charge in [-0.25, -0.2) is 4.79 Å². The Kier molecular flexibility index (Phi) is 7.22. The average Bonchev–Trinajstić information content (AvgIpc) is 2.79. The van der Waals surface area contributed by atoms with Crippen LogP contribution < -0.4 is 15.5 Å². The zero-order valence-electron chi connectivity index (χ0n) is 17.4. The molecule has 0 radical (unpaired) electrons. The highest BCUT2D eigenvalue weighted by molar-refractivity contribution is 5.95. The fraction of sp³-hybridized carbons (Fsp3) is 0.208. The summed E-state index contributed by atoms with van der Waals surface area (Å²) in [6.45, 7) is 0.239. The van der Waals surface area contributed by atoms with Crippen molar-refractivity contribution >= 4 is 11.9 Å². The number of ether oxygens (including phenoxy) is 2. The molecule has 0 bridgehead atoms. The van der Waals surface area contributed by atoms with E-state index in [9.17, 15) is 14.4 Å². The van der Waals surface area contributed by atoms with Crippen molar-refractivity contribution in [2.24, 2.45) is 7.05 Å². The second kappa shape index (κ2) is 10.2. The zero-order valence-corrected chi connectivity index (χ0v) is 17.4. The number of hydrogen-bond acceptors (Lipinski definition) is 5. The number of carbonyl (C=O) groups excluding carboxylic acids is 2. The molecule has 0 aliphatic rings. The van der Waals surface area contributed by atoms with E-state index in [-0.39, 0.29) is 24.5 Å². The van der Waals surface area contributed by atoms with Gasteiger partial charge in [0.1, 0.15) is 18.3 Å². The maximum Gasteiger partial charge on any atom is 0.328 e. The molecule has 1 atom stereocenters. The number of rotatable bonds is 8. The highest BCUT2D eigenvalue weighted by Gasteiger charge is 2.24. The van der Waals surface area contributed by atoms with Gasteiger partial charge in [0, 0.05) is 19.5 Å². The lowest BCUT2D eigenvalue weighted by molar-refractivity contribution is -0.142. The van der Waals surface area contributed by atoms with Gasteiger partial charge in [-0.2, -0.15) is 0 Å². The largest absolute Gasteiger partial charge is 0.483 e. The molecule has 0 saturated carbocycles. The molecule has 1 heterocycles. The summed E-state index contributed by atoms with van der Waals surface area (Å²) in [7, 11) is 2.90. The lowest BCUT2D eigenvalue weighted by Gasteiger charge is -2.18. The number of benzene rings is 2. The molecule has 3 rings (SSSR count). The Morgan fingerprint density at radius 3 is 2.23 bits per heavy atom. The second-order valence-corrected chi connectivity index (χ2v) is 7.01. The van der Waals surface area contributed by atoms with Crippen molar-refractivity contribution in [3.05, 3.63) is 100.0 Å². The Morgan fingerprint density at radius 1 is 1.00 bits per heavy atom. The topological polar surface area (TPSA) is 86.6 Å². The molecule has 0 aliphatic carbocycles. The number of nitrogens with zero attached hydrogens (tertiary/aromatic N) is 1. The van der Waals surface area contributed by atoms with Crippen LogP contribution in [-0.4, -0.2) is 29.6 Å². The molecule has 0 saturated heterocycles. The number of hydrogen-bond donors (Lipinski definition) is 1. The monoisotopic (exact) mass is 420 g/mol. The van der Waals surface area contributed by atoms with Crippen LogP contribution in [0.3, 0.4) is 0 Å². The maximum absolute atomic E-state index is 12.8. The van der Waals surface area contributed by atoms with Gasteiger partial charge in [0.15, 0.2) is 5.75 Å². The summed E-state index contributed by atoms with van der Waals surface area (Å²) in [6.07, 6.45) is 1.73. The quantitative estimate of drug-likeness (QED) is 0.566. The first kappa shape index (κ1) is 21.8. The first-order chi connectivity index (χ1) is 15.0. The Balaban J connectivity index is 1.74. The lowest BCUT2D eigenvalue weighted by Crippen LogP contribution is -2.44. The number of methoxy groups -OCH3 is 1. The van der Waals surface area contributed by atoms with Gasteiger partial charge < -0.3 is 19.4 Å². The molecular formula is C24H24N2O5. The van der Waals surface area contributed by atoms with Crippen molar-refractivity contribution in [2.75, 3.05) is 7.11 Å². The SMILES string of the molecule is COC(=O)[C@H](Cc1ccccc1)NC(=O)c1cc(=O)c(OCc2ccccc2)cn1C. The van der Waals surface area contributed by atoms with Crippen molar-refractivity contribution in [2.45, 2.75) is 19.1 Å². The van der Waals surface area contributed by atoms with Gasteiger partial charge >= 0.3 is 5.97 Å². The van der Waals surface area contributed by atoms with Crippen molar-refractivity contribution in [1.29, 1.82) is 0 Å². The molecule has 1 N–H and O–H groups in total. The highest BCUT2D eigenvalue weighted by Crippen LogP contribution is 2.10. The van der Waals surface area contributed by atoms with Crippen LogP contribution in [0, 0.1) is 0 Å². The number of aromatic nitrogens is 1. The van der Waals surface area contributed by atoms with Crippen LogP contribution in [0.15, 0.2) is 77.7 Å². The molecule has 0 fully saturated rings. The Bertz CT molecular complexity index is 1090. The third-order valence-electron chi connectivity index (χ3n) is 4.75. The average molecular weight is 420 g/mol. The molecule has 2 aromatic carbocycles. The smallest absolute Gasteiger partial charge is 0.328 e. The minimum absolute atomic E-state index is 0.110. The highest BCUT2D eigenvalue weighted by atomic mass is 16.5. The number of nitrogens with one attached hydrogen (secondary N) is 1. The standard InChI is InChI=1S/C24H24N2O5/c1-26-15-22(31-16-18-11-7-4-8-12-18)21(27)14-20(26)23(28)25-19(24(29)30-2)13-17-9-5-3-6-10-17/h3-12,14-15,19H,13,16H2,1-2H3,(H,25,28)/t19-/m0/s1. The minimum Gasteiger partial charge on any atom is -0.483 e. The number of esters is 1. The molecule has 0 unspecified atom stereocenters. The lowest BCUT2D eigenvalue weighted by atomic mass is 10.1. The van der Waals surface area contributed by atoms with E-state index in [0.717, 1.165) is 11.1 Å². The summed E-state index contributed by atoms with van der Waals surface area (Å²) in [4.78, 5) is 37.5. The predicted molar refractivity (Wildman–Crippen MR) is 116 cm³/mol. The third-order valence-corrected chi connectivity index (χ3v) is 4.75. The molecule has 3 aromatic rings. The fourth-order valence-corrected chi connectivity index (χ4v) is 3.09. The molecule has 160 valence electrons. The second-order valence-electron chi connectivity index (χ2n) is 7.01. The Morgan fingerprint density at radius 2 is 1.61 bits per heavy atom. The van der Waals surface area contributed by atoms with Gasteiger partial charge in [-0.15, -0.1) is 0 Å². The fourth-order valence-electron chi connectivity index (χ4n) is 3.09. The zero-order chi connectivity index (χ0) is 22.2. The number of amides is 1. The first-order valence-corrected chi connectivity index (χ1v) is 9.78. The first-order valence-electron chi connectivity index (χ1n) is 9.78. The summed E-state index contributed by atoms with van der Waals surface area (Å²) >= 11 is 0. The minimum atomic E-state index is -0.885. The van der Waals surface area contributed by atoms with Gasteiger partial charge in [0.25, 0.3) is 5.91 Å². The Labute approximate surface area is 180 Å². The van der Waals surface area contributed by atoms with E-state index in [0.29, 0.717) is 0 Å². The van der Waals surface area contributed by atoms with Crippen molar-refractivity contribution in [3.63, 3.8) is 0 Å². The van der Waals surface area contributed by atoms with Crippen LogP contribution in [0.25, 0.3) is 0 Å². The van der Waals surface area contributed by atoms with Gasteiger partial charge in [-0.1, -0.05) is 60.7 Å². The van der Waals surface area contributed by atoms with E-state index in [1.165, 1.54) is 23.9 Å². The molecule has 31 heavy (non-hydrogen) atoms. The summed E-state index contributed by atoms with van der Waals surface area (Å²) < 4.78 is 11.9. The van der Waals surface area contributed by atoms with Crippen LogP contribution in [0.5, 0.6) is 5.75 Å². The van der Waals surface area contributed by atoms with Crippen LogP contribution in [0.4, 0.5) is 0 Å². The third kappa shape index (κ3) is 5.82.